The Labute approximate surface area is 180 Å². The van der Waals surface area contributed by atoms with Crippen molar-refractivity contribution in [2.75, 3.05) is 31.2 Å². The van der Waals surface area contributed by atoms with Crippen LogP contribution in [0, 0.1) is 0 Å². The molecule has 31 heavy (non-hydrogen) atoms. The first kappa shape index (κ1) is 23.1. The maximum atomic E-state index is 12.2. The first-order valence-electron chi connectivity index (χ1n) is 10.5. The average Bonchev–Trinajstić information content (AvgIpc) is 2.75. The van der Waals surface area contributed by atoms with Gasteiger partial charge in [-0.25, -0.2) is 0 Å². The second-order valence-electron chi connectivity index (χ2n) is 7.44. The van der Waals surface area contributed by atoms with Crippen molar-refractivity contribution in [2.45, 2.75) is 45.1 Å². The van der Waals surface area contributed by atoms with Gasteiger partial charge in [0.05, 0.1) is 12.7 Å². The molecule has 0 bridgehead atoms. The van der Waals surface area contributed by atoms with Crippen molar-refractivity contribution in [3.05, 3.63) is 48.0 Å². The largest absolute Gasteiger partial charge is 0.573 e. The molecule has 5 nitrogen and oxygen atoms in total. The van der Waals surface area contributed by atoms with Crippen LogP contribution in [0.1, 0.15) is 31.7 Å². The lowest BCUT2D eigenvalue weighted by molar-refractivity contribution is -0.274. The standard InChI is InChI=1S/C23H28F3NO4/c1-2-17(28)16-30-22-8-3-7-21-20(22)6-4-13-27(21)14-5-15-29-18-9-11-19(12-10-18)31-23(24,25)26/h3,7-12,17,28H,2,4-6,13-16H2,1H3. The number of alkyl halides is 3. The van der Waals surface area contributed by atoms with Gasteiger partial charge >= 0.3 is 6.36 Å². The Bertz CT molecular complexity index is 827. The molecule has 2 aromatic carbocycles. The van der Waals surface area contributed by atoms with Gasteiger partial charge in [-0.3, -0.25) is 0 Å². The lowest BCUT2D eigenvalue weighted by Crippen LogP contribution is -2.31. The molecule has 0 spiro atoms. The van der Waals surface area contributed by atoms with E-state index in [-0.39, 0.29) is 12.4 Å². The molecule has 0 aliphatic carbocycles. The number of ether oxygens (including phenoxy) is 3. The van der Waals surface area contributed by atoms with Crippen LogP contribution in [-0.2, 0) is 6.42 Å². The molecule has 1 unspecified atom stereocenters. The lowest BCUT2D eigenvalue weighted by atomic mass is 10.0. The smallest absolute Gasteiger partial charge is 0.494 e. The summed E-state index contributed by atoms with van der Waals surface area (Å²) in [6.45, 7) is 4.39. The van der Waals surface area contributed by atoms with E-state index in [1.54, 1.807) is 0 Å². The van der Waals surface area contributed by atoms with Crippen molar-refractivity contribution in [1.29, 1.82) is 0 Å². The lowest BCUT2D eigenvalue weighted by Gasteiger charge is -2.32. The fourth-order valence-corrected chi connectivity index (χ4v) is 3.52. The van der Waals surface area contributed by atoms with Crippen LogP contribution >= 0.6 is 0 Å². The third kappa shape index (κ3) is 6.95. The second kappa shape index (κ2) is 10.6. The summed E-state index contributed by atoms with van der Waals surface area (Å²) < 4.78 is 52.0. The summed E-state index contributed by atoms with van der Waals surface area (Å²) in [6.07, 6.45) is -1.80. The molecule has 170 valence electrons. The summed E-state index contributed by atoms with van der Waals surface area (Å²) in [7, 11) is 0. The van der Waals surface area contributed by atoms with E-state index in [1.165, 1.54) is 29.8 Å². The number of aliphatic hydroxyl groups excluding tert-OH is 1. The fourth-order valence-electron chi connectivity index (χ4n) is 3.52. The maximum Gasteiger partial charge on any atom is 0.573 e. The van der Waals surface area contributed by atoms with E-state index in [2.05, 4.69) is 15.7 Å². The fraction of sp³-hybridized carbons (Fsp3) is 0.478. The molecular formula is C23H28F3NO4. The molecule has 1 heterocycles. The second-order valence-corrected chi connectivity index (χ2v) is 7.44. The third-order valence-electron chi connectivity index (χ3n) is 5.10. The summed E-state index contributed by atoms with van der Waals surface area (Å²) in [4.78, 5) is 2.30. The van der Waals surface area contributed by atoms with E-state index < -0.39 is 12.5 Å². The van der Waals surface area contributed by atoms with E-state index in [4.69, 9.17) is 9.47 Å². The number of anilines is 1. The Morgan fingerprint density at radius 1 is 1.06 bits per heavy atom. The van der Waals surface area contributed by atoms with E-state index in [1.807, 2.05) is 19.1 Å². The molecule has 1 atom stereocenters. The number of rotatable bonds is 10. The number of hydrogen-bond donors (Lipinski definition) is 1. The van der Waals surface area contributed by atoms with Gasteiger partial charge in [0.1, 0.15) is 23.9 Å². The molecule has 0 radical (unpaired) electrons. The average molecular weight is 439 g/mol. The zero-order chi connectivity index (χ0) is 22.3. The molecule has 0 amide bonds. The predicted molar refractivity (Wildman–Crippen MR) is 112 cm³/mol. The summed E-state index contributed by atoms with van der Waals surface area (Å²) in [5.74, 6) is 1.06. The number of fused-ring (bicyclic) bond motifs is 1. The van der Waals surface area contributed by atoms with Crippen LogP contribution in [0.2, 0.25) is 0 Å². The van der Waals surface area contributed by atoms with Crippen LogP contribution in [0.3, 0.4) is 0 Å². The molecule has 0 aromatic heterocycles. The summed E-state index contributed by atoms with van der Waals surface area (Å²) >= 11 is 0. The van der Waals surface area contributed by atoms with Gasteiger partial charge in [-0.1, -0.05) is 13.0 Å². The van der Waals surface area contributed by atoms with Gasteiger partial charge in [-0.15, -0.1) is 13.2 Å². The molecule has 3 rings (SSSR count). The van der Waals surface area contributed by atoms with Gasteiger partial charge in [0, 0.05) is 24.3 Å². The van der Waals surface area contributed by atoms with Crippen molar-refractivity contribution in [3.63, 3.8) is 0 Å². The normalized spacial score (nSPS) is 14.7. The maximum absolute atomic E-state index is 12.2. The van der Waals surface area contributed by atoms with Crippen molar-refractivity contribution in [3.8, 4) is 17.2 Å². The highest BCUT2D eigenvalue weighted by Gasteiger charge is 2.31. The van der Waals surface area contributed by atoms with Crippen molar-refractivity contribution in [1.82, 2.24) is 0 Å². The highest BCUT2D eigenvalue weighted by Crippen LogP contribution is 2.34. The van der Waals surface area contributed by atoms with Crippen LogP contribution in [-0.4, -0.2) is 43.9 Å². The van der Waals surface area contributed by atoms with E-state index in [0.717, 1.165) is 43.8 Å². The minimum atomic E-state index is -4.70. The quantitative estimate of drug-likeness (QED) is 0.531. The van der Waals surface area contributed by atoms with E-state index in [9.17, 15) is 18.3 Å². The van der Waals surface area contributed by atoms with Crippen molar-refractivity contribution < 1.29 is 32.5 Å². The zero-order valence-electron chi connectivity index (χ0n) is 17.5. The molecule has 1 aliphatic heterocycles. The van der Waals surface area contributed by atoms with Crippen LogP contribution < -0.4 is 19.1 Å². The van der Waals surface area contributed by atoms with Crippen LogP contribution in [0.25, 0.3) is 0 Å². The Hall–Kier alpha value is -2.61. The Kier molecular flexibility index (Phi) is 7.90. The van der Waals surface area contributed by atoms with Crippen LogP contribution in [0.4, 0.5) is 18.9 Å². The molecule has 1 aliphatic rings. The Balaban J connectivity index is 1.50. The predicted octanol–water partition coefficient (Wildman–Crippen LogP) is 4.96. The molecule has 0 saturated carbocycles. The van der Waals surface area contributed by atoms with Gasteiger partial charge in [-0.2, -0.15) is 0 Å². The van der Waals surface area contributed by atoms with E-state index in [0.29, 0.717) is 18.8 Å². The third-order valence-corrected chi connectivity index (χ3v) is 5.10. The summed E-state index contributed by atoms with van der Waals surface area (Å²) in [5.41, 5.74) is 2.31. The monoisotopic (exact) mass is 439 g/mol. The Morgan fingerprint density at radius 2 is 1.81 bits per heavy atom. The highest BCUT2D eigenvalue weighted by atomic mass is 19.4. The van der Waals surface area contributed by atoms with E-state index >= 15 is 0 Å². The minimum absolute atomic E-state index is 0.269. The number of nitrogens with zero attached hydrogens (tertiary/aromatic N) is 1. The molecule has 0 fully saturated rings. The van der Waals surface area contributed by atoms with Gasteiger partial charge in [0.25, 0.3) is 0 Å². The first-order valence-corrected chi connectivity index (χ1v) is 10.5. The minimum Gasteiger partial charge on any atom is -0.494 e. The molecule has 2 aromatic rings. The van der Waals surface area contributed by atoms with Gasteiger partial charge in [-0.05, 0) is 62.1 Å². The number of hydrogen-bond acceptors (Lipinski definition) is 5. The first-order chi connectivity index (χ1) is 14.9. The van der Waals surface area contributed by atoms with Gasteiger partial charge in [0.2, 0.25) is 0 Å². The summed E-state index contributed by atoms with van der Waals surface area (Å²) in [6, 6.07) is 11.4. The number of halogens is 3. The van der Waals surface area contributed by atoms with Crippen LogP contribution in [0.15, 0.2) is 42.5 Å². The van der Waals surface area contributed by atoms with Gasteiger partial charge in [0.15, 0.2) is 0 Å². The molecular weight excluding hydrogens is 411 g/mol. The molecule has 8 heteroatoms. The topological polar surface area (TPSA) is 51.2 Å². The van der Waals surface area contributed by atoms with Crippen LogP contribution in [0.5, 0.6) is 17.2 Å². The number of benzene rings is 2. The Morgan fingerprint density at radius 3 is 2.52 bits per heavy atom. The zero-order valence-corrected chi connectivity index (χ0v) is 17.5. The molecule has 1 N–H and O–H groups in total. The highest BCUT2D eigenvalue weighted by molar-refractivity contribution is 5.61. The SMILES string of the molecule is CCC(O)COc1cccc2c1CCCN2CCCOc1ccc(OC(F)(F)F)cc1. The van der Waals surface area contributed by atoms with Gasteiger partial charge < -0.3 is 24.2 Å². The number of aliphatic hydroxyl groups is 1. The summed E-state index contributed by atoms with van der Waals surface area (Å²) in [5, 5.41) is 9.77. The van der Waals surface area contributed by atoms with Crippen molar-refractivity contribution >= 4 is 5.69 Å². The van der Waals surface area contributed by atoms with Crippen molar-refractivity contribution in [2.24, 2.45) is 0 Å². The molecule has 0 saturated heterocycles.